The lowest BCUT2D eigenvalue weighted by molar-refractivity contribution is -0.363. The molecule has 6 rings (SSSR count). The van der Waals surface area contributed by atoms with Crippen molar-refractivity contribution in [3.8, 4) is 0 Å². The highest BCUT2D eigenvalue weighted by Crippen LogP contribution is 2.67. The van der Waals surface area contributed by atoms with Gasteiger partial charge in [0, 0.05) is 0 Å². The van der Waals surface area contributed by atoms with Gasteiger partial charge in [-0.3, -0.25) is 0 Å². The molecule has 0 aromatic heterocycles. The number of allylic oxidation sites excluding steroid dienone is 3. The molecule has 0 radical (unpaired) electrons. The van der Waals surface area contributed by atoms with E-state index in [-0.39, 0.29) is 11.5 Å². The van der Waals surface area contributed by atoms with Crippen LogP contribution in [-0.2, 0) is 18.9 Å². The van der Waals surface area contributed by atoms with Crippen LogP contribution in [0.5, 0.6) is 0 Å². The first-order chi connectivity index (χ1) is 24.7. The quantitative estimate of drug-likeness (QED) is 0.154. The third-order valence-electron chi connectivity index (χ3n) is 15.1. The zero-order chi connectivity index (χ0) is 37.7. The molecule has 2 heterocycles. The number of aliphatic hydroxyl groups is 7. The minimum Gasteiger partial charge on any atom is -0.394 e. The number of rotatable bonds is 11. The van der Waals surface area contributed by atoms with Gasteiger partial charge in [-0.25, -0.2) is 0 Å². The highest BCUT2D eigenvalue weighted by molar-refractivity contribution is 5.25. The summed E-state index contributed by atoms with van der Waals surface area (Å²) in [6, 6.07) is 0. The Balaban J connectivity index is 1.07. The van der Waals surface area contributed by atoms with E-state index < -0.39 is 74.6 Å². The third kappa shape index (κ3) is 7.36. The molecule has 0 spiro atoms. The Bertz CT molecular complexity index is 1270. The fourth-order valence-corrected chi connectivity index (χ4v) is 11.9. The zero-order valence-corrected chi connectivity index (χ0v) is 32.2. The van der Waals surface area contributed by atoms with Gasteiger partial charge in [-0.15, -0.1) is 0 Å². The number of hydrogen-bond acceptors (Lipinski definition) is 11. The first kappa shape index (κ1) is 40.7. The van der Waals surface area contributed by atoms with E-state index in [9.17, 15) is 35.7 Å². The van der Waals surface area contributed by atoms with Crippen molar-refractivity contribution in [1.82, 2.24) is 0 Å². The molecule has 52 heavy (non-hydrogen) atoms. The highest BCUT2D eigenvalue weighted by Gasteiger charge is 2.59. The van der Waals surface area contributed by atoms with Gasteiger partial charge >= 0.3 is 0 Å². The van der Waals surface area contributed by atoms with Crippen LogP contribution in [0.1, 0.15) is 106 Å². The average molecular weight is 737 g/mol. The van der Waals surface area contributed by atoms with E-state index >= 15 is 0 Å². The molecular weight excluding hydrogens is 668 g/mol. The lowest BCUT2D eigenvalue weighted by Gasteiger charge is -2.58. The van der Waals surface area contributed by atoms with Crippen molar-refractivity contribution < 1.29 is 54.7 Å². The van der Waals surface area contributed by atoms with Gasteiger partial charge in [0.05, 0.1) is 19.3 Å². The van der Waals surface area contributed by atoms with Crippen molar-refractivity contribution >= 4 is 0 Å². The van der Waals surface area contributed by atoms with Crippen molar-refractivity contribution in [3.63, 3.8) is 0 Å². The van der Waals surface area contributed by atoms with Crippen LogP contribution in [0.3, 0.4) is 0 Å². The molecule has 0 amide bonds. The molecule has 2 aliphatic heterocycles. The summed E-state index contributed by atoms with van der Waals surface area (Å²) in [5.74, 6) is 4.24. The second-order valence-electron chi connectivity index (χ2n) is 18.0. The van der Waals surface area contributed by atoms with E-state index in [1.54, 1.807) is 5.57 Å². The van der Waals surface area contributed by atoms with E-state index in [1.165, 1.54) is 44.1 Å². The predicted octanol–water partition coefficient (Wildman–Crippen LogP) is 3.59. The summed E-state index contributed by atoms with van der Waals surface area (Å²) in [7, 11) is 0. The topological polar surface area (TPSA) is 179 Å². The van der Waals surface area contributed by atoms with E-state index in [0.717, 1.165) is 43.4 Å². The Labute approximate surface area is 310 Å². The number of fused-ring (bicyclic) bond motifs is 5. The predicted molar refractivity (Wildman–Crippen MR) is 193 cm³/mol. The van der Waals surface area contributed by atoms with Gasteiger partial charge < -0.3 is 54.7 Å². The van der Waals surface area contributed by atoms with Gasteiger partial charge in [-0.2, -0.15) is 0 Å². The standard InChI is InChI=1S/C41H68O11/c1-7-23(21(2)3)9-8-22(4)27-12-13-28-26-11-10-24-18-25(14-16-40(24,5)29(26)15-17-41(27,28)6)49-38-36(48)34(46)37(31(20-43)51-38)52-39-35(47)33(45)32(44)30(19-42)50-39/h7,10,21-22,25-39,42-48H,8-9,11-20H2,1-6H3/b23-7-/t22?,25-,26-,27+,28-,29-,30+,31+,32-,33-,34+,35+,36+,37+,38+,39-,40-,41+/m0/s1. The molecule has 7 N–H and O–H groups in total. The Morgan fingerprint density at radius 1 is 0.827 bits per heavy atom. The summed E-state index contributed by atoms with van der Waals surface area (Å²) >= 11 is 0. The first-order valence-electron chi connectivity index (χ1n) is 20.3. The maximum Gasteiger partial charge on any atom is 0.187 e. The molecule has 5 fully saturated rings. The van der Waals surface area contributed by atoms with Crippen LogP contribution in [-0.4, -0.2) is 116 Å². The SMILES string of the molecule is C/C=C(/CCC(C)[C@H]1CC[C@H]2[C@@H]3CC=C4C[C@@H](O[C@@H]5O[C@H](CO)[C@@H](O[C@@H]6O[C@H](CO)[C@H](O)[C@H](O)[C@H]6O)[C@H](O)[C@H]5O)CC[C@]4(C)[C@H]3CC[C@]12C)C(C)C. The Hall–Kier alpha value is -0.960. The van der Waals surface area contributed by atoms with Gasteiger partial charge in [0.25, 0.3) is 0 Å². The zero-order valence-electron chi connectivity index (χ0n) is 32.2. The summed E-state index contributed by atoms with van der Waals surface area (Å²) in [6.45, 7) is 13.2. The van der Waals surface area contributed by atoms with Crippen molar-refractivity contribution in [1.29, 1.82) is 0 Å². The minimum atomic E-state index is -1.71. The molecule has 4 aliphatic carbocycles. The molecule has 18 atom stereocenters. The summed E-state index contributed by atoms with van der Waals surface area (Å²) in [6.07, 6.45) is 1.36. The molecule has 298 valence electrons. The molecule has 0 aromatic rings. The molecule has 0 bridgehead atoms. The molecule has 11 nitrogen and oxygen atoms in total. The monoisotopic (exact) mass is 736 g/mol. The average Bonchev–Trinajstić information content (AvgIpc) is 3.48. The van der Waals surface area contributed by atoms with E-state index in [0.29, 0.717) is 23.2 Å². The molecule has 2 saturated heterocycles. The van der Waals surface area contributed by atoms with Crippen LogP contribution in [0.2, 0.25) is 0 Å². The van der Waals surface area contributed by atoms with E-state index in [1.807, 2.05) is 0 Å². The molecule has 11 heteroatoms. The summed E-state index contributed by atoms with van der Waals surface area (Å²) in [4.78, 5) is 0. The van der Waals surface area contributed by atoms with Crippen molar-refractivity contribution in [2.45, 2.75) is 173 Å². The van der Waals surface area contributed by atoms with Crippen molar-refractivity contribution in [3.05, 3.63) is 23.3 Å². The van der Waals surface area contributed by atoms with E-state index in [4.69, 9.17) is 18.9 Å². The van der Waals surface area contributed by atoms with E-state index in [2.05, 4.69) is 53.7 Å². The lowest BCUT2D eigenvalue weighted by atomic mass is 9.47. The van der Waals surface area contributed by atoms with Crippen LogP contribution >= 0.6 is 0 Å². The van der Waals surface area contributed by atoms with Gasteiger partial charge in [-0.05, 0) is 117 Å². The minimum absolute atomic E-state index is 0.107. The van der Waals surface area contributed by atoms with Gasteiger partial charge in [0.1, 0.15) is 48.8 Å². The number of ether oxygens (including phenoxy) is 4. The lowest BCUT2D eigenvalue weighted by Crippen LogP contribution is -2.65. The Kier molecular flexibility index (Phi) is 12.7. The van der Waals surface area contributed by atoms with Gasteiger partial charge in [-0.1, -0.05) is 57.9 Å². The Morgan fingerprint density at radius 3 is 2.17 bits per heavy atom. The van der Waals surface area contributed by atoms with Gasteiger partial charge in [0.15, 0.2) is 12.6 Å². The summed E-state index contributed by atoms with van der Waals surface area (Å²) < 4.78 is 23.5. The molecule has 0 aromatic carbocycles. The van der Waals surface area contributed by atoms with Crippen LogP contribution in [0.25, 0.3) is 0 Å². The fourth-order valence-electron chi connectivity index (χ4n) is 11.9. The smallest absolute Gasteiger partial charge is 0.187 e. The van der Waals surface area contributed by atoms with Crippen LogP contribution in [0.15, 0.2) is 23.3 Å². The second kappa shape index (κ2) is 16.3. The molecule has 3 saturated carbocycles. The third-order valence-corrected chi connectivity index (χ3v) is 15.1. The van der Waals surface area contributed by atoms with Crippen LogP contribution in [0, 0.1) is 46.3 Å². The number of hydrogen-bond donors (Lipinski definition) is 7. The largest absolute Gasteiger partial charge is 0.394 e. The van der Waals surface area contributed by atoms with Crippen molar-refractivity contribution in [2.24, 2.45) is 46.3 Å². The molecule has 1 unspecified atom stereocenters. The second-order valence-corrected chi connectivity index (χ2v) is 18.0. The fraction of sp³-hybridized carbons (Fsp3) is 0.902. The van der Waals surface area contributed by atoms with Crippen LogP contribution < -0.4 is 0 Å². The normalized spacial score (nSPS) is 48.8. The van der Waals surface area contributed by atoms with Gasteiger partial charge in [0.2, 0.25) is 0 Å². The first-order valence-corrected chi connectivity index (χ1v) is 20.3. The Morgan fingerprint density at radius 2 is 1.50 bits per heavy atom. The maximum absolute atomic E-state index is 11.1. The van der Waals surface area contributed by atoms with Crippen molar-refractivity contribution in [2.75, 3.05) is 13.2 Å². The molecule has 6 aliphatic rings. The maximum atomic E-state index is 11.1. The number of aliphatic hydroxyl groups excluding tert-OH is 7. The summed E-state index contributed by atoms with van der Waals surface area (Å²) in [5.41, 5.74) is 3.53. The molecular formula is C41H68O11. The highest BCUT2D eigenvalue weighted by atomic mass is 16.7. The van der Waals surface area contributed by atoms with Crippen LogP contribution in [0.4, 0.5) is 0 Å². The summed E-state index contributed by atoms with van der Waals surface area (Å²) in [5, 5.41) is 72.7.